The van der Waals surface area contributed by atoms with Crippen molar-refractivity contribution in [2.75, 3.05) is 0 Å². The summed E-state index contributed by atoms with van der Waals surface area (Å²) in [6, 6.07) is 10.9. The van der Waals surface area contributed by atoms with Crippen molar-refractivity contribution in [3.63, 3.8) is 0 Å². The van der Waals surface area contributed by atoms with Crippen LogP contribution in [0.4, 0.5) is 0 Å². The number of hydrogen-bond donors (Lipinski definition) is 0. The van der Waals surface area contributed by atoms with Crippen LogP contribution in [0.2, 0.25) is 0 Å². The molecule has 104 valence electrons. The third kappa shape index (κ3) is 11.4. The molecule has 0 nitrogen and oxygen atoms in total. The van der Waals surface area contributed by atoms with Gasteiger partial charge in [0.1, 0.15) is 0 Å². The van der Waals surface area contributed by atoms with Gasteiger partial charge in [-0.1, -0.05) is 95.0 Å². The molecule has 0 atom stereocenters. The minimum atomic E-state index is 0. The van der Waals surface area contributed by atoms with Crippen LogP contribution in [-0.2, 0) is 6.42 Å². The second-order valence-electron chi connectivity index (χ2n) is 5.42. The van der Waals surface area contributed by atoms with Gasteiger partial charge in [0, 0.05) is 0 Å². The van der Waals surface area contributed by atoms with E-state index in [1.807, 2.05) is 0 Å². The molecule has 0 unspecified atom stereocenters. The van der Waals surface area contributed by atoms with Crippen LogP contribution in [0.25, 0.3) is 0 Å². The summed E-state index contributed by atoms with van der Waals surface area (Å²) >= 11 is 0. The van der Waals surface area contributed by atoms with Crippen molar-refractivity contribution in [3.8, 4) is 0 Å². The van der Waals surface area contributed by atoms with E-state index in [1.54, 1.807) is 0 Å². The number of hydrogen-bond acceptors (Lipinski definition) is 0. The molecule has 1 aromatic carbocycles. The van der Waals surface area contributed by atoms with Gasteiger partial charge in [-0.15, -0.1) is 0 Å². The van der Waals surface area contributed by atoms with E-state index >= 15 is 0 Å². The third-order valence-electron chi connectivity index (χ3n) is 3.66. The Hall–Kier alpha value is -0.183. The molecule has 0 saturated heterocycles. The first kappa shape index (κ1) is 18.8. The van der Waals surface area contributed by atoms with E-state index in [4.69, 9.17) is 0 Å². The predicted octanol–water partition coefficient (Wildman–Crippen LogP) is 5.50. The van der Waals surface area contributed by atoms with E-state index < -0.39 is 0 Å². The van der Waals surface area contributed by atoms with Crippen LogP contribution in [0.15, 0.2) is 30.3 Å². The van der Waals surface area contributed by atoms with Gasteiger partial charge >= 0.3 is 18.9 Å². The van der Waals surface area contributed by atoms with Crippen molar-refractivity contribution in [1.82, 2.24) is 0 Å². The molecular weight excluding hydrogens is 223 g/mol. The van der Waals surface area contributed by atoms with Gasteiger partial charge in [0.2, 0.25) is 0 Å². The monoisotopic (exact) mass is 254 g/mol. The van der Waals surface area contributed by atoms with Crippen LogP contribution in [-0.4, -0.2) is 18.9 Å². The zero-order valence-corrected chi connectivity index (χ0v) is 12.2. The first-order valence-electron chi connectivity index (χ1n) is 7.97. The molecule has 0 aromatic heterocycles. The van der Waals surface area contributed by atoms with Crippen molar-refractivity contribution in [2.45, 2.75) is 77.6 Å². The minimum absolute atomic E-state index is 0. The molecule has 1 aromatic rings. The fraction of sp³-hybridized carbons (Fsp3) is 0.667. The summed E-state index contributed by atoms with van der Waals surface area (Å²) in [6.07, 6.45) is 15.5. The summed E-state index contributed by atoms with van der Waals surface area (Å²) in [5.41, 5.74) is 1.50. The SMILES string of the molecule is CCCCCCCCCCCCc1ccccc1.[LiH]. The molecule has 0 saturated carbocycles. The Morgan fingerprint density at radius 3 is 1.63 bits per heavy atom. The Kier molecular flexibility index (Phi) is 14.1. The molecule has 0 bridgehead atoms. The average Bonchev–Trinajstić information content (AvgIpc) is 2.42. The van der Waals surface area contributed by atoms with E-state index in [0.717, 1.165) is 0 Å². The van der Waals surface area contributed by atoms with E-state index in [0.29, 0.717) is 0 Å². The van der Waals surface area contributed by atoms with Gasteiger partial charge in [-0.3, -0.25) is 0 Å². The summed E-state index contributed by atoms with van der Waals surface area (Å²) in [5, 5.41) is 0. The Morgan fingerprint density at radius 2 is 1.11 bits per heavy atom. The van der Waals surface area contributed by atoms with Gasteiger partial charge in [-0.2, -0.15) is 0 Å². The molecule has 0 fully saturated rings. The molecule has 0 N–H and O–H groups in total. The molecule has 0 heterocycles. The van der Waals surface area contributed by atoms with Gasteiger partial charge in [-0.25, -0.2) is 0 Å². The number of unbranched alkanes of at least 4 members (excludes halogenated alkanes) is 9. The number of rotatable bonds is 11. The second-order valence-corrected chi connectivity index (χ2v) is 5.42. The molecule has 0 aliphatic rings. The number of benzene rings is 1. The first-order chi connectivity index (χ1) is 8.93. The van der Waals surface area contributed by atoms with Crippen LogP contribution in [0.1, 0.15) is 76.7 Å². The zero-order chi connectivity index (χ0) is 12.9. The van der Waals surface area contributed by atoms with E-state index in [9.17, 15) is 0 Å². The van der Waals surface area contributed by atoms with Crippen LogP contribution < -0.4 is 0 Å². The second kappa shape index (κ2) is 14.2. The topological polar surface area (TPSA) is 0 Å². The summed E-state index contributed by atoms with van der Waals surface area (Å²) < 4.78 is 0. The zero-order valence-electron chi connectivity index (χ0n) is 12.2. The average molecular weight is 254 g/mol. The third-order valence-corrected chi connectivity index (χ3v) is 3.66. The van der Waals surface area contributed by atoms with Gasteiger partial charge in [-0.05, 0) is 18.4 Å². The molecule has 1 heteroatoms. The van der Waals surface area contributed by atoms with Gasteiger partial charge in [0.25, 0.3) is 0 Å². The van der Waals surface area contributed by atoms with Crippen molar-refractivity contribution >= 4 is 18.9 Å². The molecule has 0 aliphatic carbocycles. The standard InChI is InChI=1S/C18H30.Li.H/c1-2-3-4-5-6-7-8-9-10-12-15-18-16-13-11-14-17-18;;/h11,13-14,16-17H,2-10,12,15H2,1H3;;. The van der Waals surface area contributed by atoms with Gasteiger partial charge in [0.15, 0.2) is 0 Å². The van der Waals surface area contributed by atoms with E-state index in [-0.39, 0.29) is 18.9 Å². The van der Waals surface area contributed by atoms with Crippen LogP contribution in [0.5, 0.6) is 0 Å². The summed E-state index contributed by atoms with van der Waals surface area (Å²) in [4.78, 5) is 0. The van der Waals surface area contributed by atoms with Crippen LogP contribution in [0.3, 0.4) is 0 Å². The molecule has 19 heavy (non-hydrogen) atoms. The van der Waals surface area contributed by atoms with Gasteiger partial charge in [0.05, 0.1) is 0 Å². The summed E-state index contributed by atoms with van der Waals surface area (Å²) in [7, 11) is 0. The fourth-order valence-corrected chi connectivity index (χ4v) is 2.46. The van der Waals surface area contributed by atoms with E-state index in [1.165, 1.54) is 76.2 Å². The quantitative estimate of drug-likeness (QED) is 0.361. The molecule has 0 aliphatic heterocycles. The Bertz CT molecular complexity index is 268. The Balaban J connectivity index is 0.00000324. The number of aryl methyl sites for hydroxylation is 1. The molecule has 1 rings (SSSR count). The van der Waals surface area contributed by atoms with Crippen molar-refractivity contribution in [2.24, 2.45) is 0 Å². The summed E-state index contributed by atoms with van der Waals surface area (Å²) in [6.45, 7) is 2.28. The van der Waals surface area contributed by atoms with Crippen LogP contribution >= 0.6 is 0 Å². The molecule has 0 radical (unpaired) electrons. The predicted molar refractivity (Wildman–Crippen MR) is 89.1 cm³/mol. The van der Waals surface area contributed by atoms with Crippen molar-refractivity contribution in [3.05, 3.63) is 35.9 Å². The fourth-order valence-electron chi connectivity index (χ4n) is 2.46. The Morgan fingerprint density at radius 1 is 0.632 bits per heavy atom. The van der Waals surface area contributed by atoms with E-state index in [2.05, 4.69) is 37.3 Å². The molecule has 0 spiro atoms. The maximum atomic E-state index is 2.28. The molecular formula is C18H31Li. The summed E-state index contributed by atoms with van der Waals surface area (Å²) in [5.74, 6) is 0. The maximum absolute atomic E-state index is 2.28. The van der Waals surface area contributed by atoms with Gasteiger partial charge < -0.3 is 0 Å². The molecule has 0 amide bonds. The van der Waals surface area contributed by atoms with Crippen molar-refractivity contribution < 1.29 is 0 Å². The van der Waals surface area contributed by atoms with Crippen molar-refractivity contribution in [1.29, 1.82) is 0 Å². The van der Waals surface area contributed by atoms with Crippen LogP contribution in [0, 0.1) is 0 Å². The normalized spacial score (nSPS) is 10.2. The first-order valence-corrected chi connectivity index (χ1v) is 7.97. The Labute approximate surface area is 132 Å².